The third kappa shape index (κ3) is 5.03. The van der Waals surface area contributed by atoms with Crippen LogP contribution < -0.4 is 5.14 Å². The molecule has 3 N–H and O–H groups in total. The van der Waals surface area contributed by atoms with E-state index >= 15 is 0 Å². The van der Waals surface area contributed by atoms with Crippen LogP contribution in [0.15, 0.2) is 24.3 Å². The van der Waals surface area contributed by atoms with Crippen LogP contribution in [-0.4, -0.2) is 43.8 Å². The lowest BCUT2D eigenvalue weighted by molar-refractivity contribution is 0.0896. The number of piperidine rings is 1. The first-order chi connectivity index (χ1) is 9.85. The minimum absolute atomic E-state index is 0.0106. The molecule has 0 amide bonds. The van der Waals surface area contributed by atoms with Crippen LogP contribution >= 0.6 is 0 Å². The molecular formula is C14H21FN2O3S. The molecule has 21 heavy (non-hydrogen) atoms. The summed E-state index contributed by atoms with van der Waals surface area (Å²) in [5, 5.41) is 15.2. The van der Waals surface area contributed by atoms with Crippen LogP contribution in [0, 0.1) is 11.7 Å². The Labute approximate surface area is 124 Å². The van der Waals surface area contributed by atoms with E-state index in [1.54, 1.807) is 18.2 Å². The molecule has 0 radical (unpaired) electrons. The van der Waals surface area contributed by atoms with Gasteiger partial charge in [0, 0.05) is 12.1 Å². The fourth-order valence-electron chi connectivity index (χ4n) is 2.75. The fourth-order valence-corrected chi connectivity index (χ4v) is 3.74. The summed E-state index contributed by atoms with van der Waals surface area (Å²) in [6, 6.07) is 6.19. The lowest BCUT2D eigenvalue weighted by Crippen LogP contribution is -2.39. The molecule has 7 heteroatoms. The normalized spacial score (nSPS) is 19.6. The van der Waals surface area contributed by atoms with Crippen molar-refractivity contribution in [3.05, 3.63) is 35.6 Å². The monoisotopic (exact) mass is 316 g/mol. The summed E-state index contributed by atoms with van der Waals surface area (Å²) >= 11 is 0. The van der Waals surface area contributed by atoms with Crippen molar-refractivity contribution in [2.24, 2.45) is 11.1 Å². The molecule has 0 saturated carbocycles. The van der Waals surface area contributed by atoms with Gasteiger partial charge in [0.05, 0.1) is 11.9 Å². The highest BCUT2D eigenvalue weighted by Gasteiger charge is 2.24. The van der Waals surface area contributed by atoms with Crippen LogP contribution in [0.3, 0.4) is 0 Å². The average molecular weight is 316 g/mol. The molecule has 1 heterocycles. The SMILES string of the molecule is NS(=O)(=O)CC1CCN(CC(O)c2ccccc2F)CC1. The second-order valence-corrected chi connectivity index (χ2v) is 7.27. The van der Waals surface area contributed by atoms with Gasteiger partial charge in [-0.05, 0) is 37.9 Å². The molecule has 1 atom stereocenters. The van der Waals surface area contributed by atoms with E-state index in [-0.39, 0.29) is 11.7 Å². The summed E-state index contributed by atoms with van der Waals surface area (Å²) in [5.41, 5.74) is 0.296. The molecule has 1 aromatic rings. The summed E-state index contributed by atoms with van der Waals surface area (Å²) in [4.78, 5) is 2.02. The van der Waals surface area contributed by atoms with Crippen LogP contribution in [-0.2, 0) is 10.0 Å². The third-order valence-electron chi connectivity index (χ3n) is 3.87. The number of nitrogens with two attached hydrogens (primary N) is 1. The van der Waals surface area contributed by atoms with E-state index in [4.69, 9.17) is 5.14 Å². The Morgan fingerprint density at radius 3 is 2.52 bits per heavy atom. The molecule has 0 bridgehead atoms. The molecule has 1 unspecified atom stereocenters. The van der Waals surface area contributed by atoms with E-state index in [0.29, 0.717) is 25.2 Å². The quantitative estimate of drug-likeness (QED) is 0.844. The Morgan fingerprint density at radius 1 is 1.33 bits per heavy atom. The van der Waals surface area contributed by atoms with Crippen molar-refractivity contribution in [3.63, 3.8) is 0 Å². The van der Waals surface area contributed by atoms with Crippen molar-refractivity contribution in [1.82, 2.24) is 4.90 Å². The van der Waals surface area contributed by atoms with Gasteiger partial charge >= 0.3 is 0 Å². The lowest BCUT2D eigenvalue weighted by Gasteiger charge is -2.32. The van der Waals surface area contributed by atoms with Crippen molar-refractivity contribution >= 4 is 10.0 Å². The summed E-state index contributed by atoms with van der Waals surface area (Å²) < 4.78 is 35.7. The summed E-state index contributed by atoms with van der Waals surface area (Å²) in [6.07, 6.45) is 0.571. The molecular weight excluding hydrogens is 295 g/mol. The Bertz CT molecular complexity index is 571. The summed E-state index contributed by atoms with van der Waals surface area (Å²) in [5.74, 6) is -0.326. The molecule has 1 aliphatic heterocycles. The number of sulfonamides is 1. The Balaban J connectivity index is 1.85. The maximum atomic E-state index is 13.6. The number of aliphatic hydroxyl groups is 1. The topological polar surface area (TPSA) is 83.6 Å². The van der Waals surface area contributed by atoms with Gasteiger partial charge in [0.2, 0.25) is 10.0 Å². The van der Waals surface area contributed by atoms with E-state index in [9.17, 15) is 17.9 Å². The average Bonchev–Trinajstić information content (AvgIpc) is 2.40. The first kappa shape index (κ1) is 16.4. The third-order valence-corrected chi connectivity index (χ3v) is 4.81. The number of aliphatic hydroxyl groups excluding tert-OH is 1. The maximum Gasteiger partial charge on any atom is 0.209 e. The van der Waals surface area contributed by atoms with Gasteiger partial charge in [0.25, 0.3) is 0 Å². The van der Waals surface area contributed by atoms with Gasteiger partial charge in [-0.25, -0.2) is 17.9 Å². The van der Waals surface area contributed by atoms with E-state index in [1.165, 1.54) is 6.07 Å². The number of benzene rings is 1. The van der Waals surface area contributed by atoms with Crippen LogP contribution in [0.25, 0.3) is 0 Å². The van der Waals surface area contributed by atoms with Gasteiger partial charge < -0.3 is 10.0 Å². The summed E-state index contributed by atoms with van der Waals surface area (Å²) in [7, 11) is -3.43. The predicted octanol–water partition coefficient (Wildman–Crippen LogP) is 0.860. The number of nitrogens with zero attached hydrogens (tertiary/aromatic N) is 1. The van der Waals surface area contributed by atoms with Crippen molar-refractivity contribution in [1.29, 1.82) is 0 Å². The Hall–Kier alpha value is -1.02. The zero-order valence-corrected chi connectivity index (χ0v) is 12.6. The number of hydrogen-bond acceptors (Lipinski definition) is 4. The molecule has 0 aliphatic carbocycles. The minimum Gasteiger partial charge on any atom is -0.387 e. The van der Waals surface area contributed by atoms with Gasteiger partial charge in [-0.2, -0.15) is 0 Å². The standard InChI is InChI=1S/C14H21FN2O3S/c15-13-4-2-1-3-12(13)14(18)9-17-7-5-11(6-8-17)10-21(16,19)20/h1-4,11,14,18H,5-10H2,(H2,16,19,20). The number of rotatable bonds is 5. The van der Waals surface area contributed by atoms with Crippen molar-refractivity contribution < 1.29 is 17.9 Å². The van der Waals surface area contributed by atoms with Crippen molar-refractivity contribution in [2.75, 3.05) is 25.4 Å². The van der Waals surface area contributed by atoms with Crippen LogP contribution in [0.1, 0.15) is 24.5 Å². The van der Waals surface area contributed by atoms with E-state index in [1.807, 2.05) is 4.90 Å². The second kappa shape index (κ2) is 6.83. The first-order valence-electron chi connectivity index (χ1n) is 7.00. The van der Waals surface area contributed by atoms with Gasteiger partial charge in [-0.1, -0.05) is 18.2 Å². The highest BCUT2D eigenvalue weighted by molar-refractivity contribution is 7.89. The number of β-amino-alcohol motifs (C(OH)–C–C–N with tert-alkyl or cyclic N) is 1. The lowest BCUT2D eigenvalue weighted by atomic mass is 9.98. The predicted molar refractivity (Wildman–Crippen MR) is 78.5 cm³/mol. The van der Waals surface area contributed by atoms with Crippen LogP contribution in [0.4, 0.5) is 4.39 Å². The smallest absolute Gasteiger partial charge is 0.209 e. The van der Waals surface area contributed by atoms with E-state index in [2.05, 4.69) is 0 Å². The zero-order valence-electron chi connectivity index (χ0n) is 11.8. The molecule has 1 saturated heterocycles. The van der Waals surface area contributed by atoms with Gasteiger partial charge in [0.1, 0.15) is 5.82 Å². The maximum absolute atomic E-state index is 13.6. The molecule has 1 fully saturated rings. The molecule has 2 rings (SSSR count). The number of halogens is 1. The van der Waals surface area contributed by atoms with Crippen LogP contribution in [0.5, 0.6) is 0 Å². The highest BCUT2D eigenvalue weighted by Crippen LogP contribution is 2.22. The number of likely N-dealkylation sites (tertiary alicyclic amines) is 1. The van der Waals surface area contributed by atoms with Gasteiger partial charge in [-0.15, -0.1) is 0 Å². The van der Waals surface area contributed by atoms with E-state index < -0.39 is 21.9 Å². The van der Waals surface area contributed by atoms with Gasteiger partial charge in [0.15, 0.2) is 0 Å². The second-order valence-electron chi connectivity index (χ2n) is 5.61. The Kier molecular flexibility index (Phi) is 5.32. The number of primary sulfonamides is 1. The summed E-state index contributed by atoms with van der Waals surface area (Å²) in [6.45, 7) is 1.72. The number of hydrogen-bond donors (Lipinski definition) is 2. The van der Waals surface area contributed by atoms with E-state index in [0.717, 1.165) is 12.8 Å². The largest absolute Gasteiger partial charge is 0.387 e. The zero-order chi connectivity index (χ0) is 15.5. The molecule has 1 aliphatic rings. The first-order valence-corrected chi connectivity index (χ1v) is 8.72. The molecule has 0 spiro atoms. The molecule has 5 nitrogen and oxygen atoms in total. The fraction of sp³-hybridized carbons (Fsp3) is 0.571. The minimum atomic E-state index is -3.43. The molecule has 118 valence electrons. The molecule has 0 aromatic heterocycles. The molecule has 1 aromatic carbocycles. The van der Waals surface area contributed by atoms with Crippen LogP contribution in [0.2, 0.25) is 0 Å². The van der Waals surface area contributed by atoms with Crippen molar-refractivity contribution in [2.45, 2.75) is 18.9 Å². The Morgan fingerprint density at radius 2 is 1.95 bits per heavy atom. The van der Waals surface area contributed by atoms with Crippen molar-refractivity contribution in [3.8, 4) is 0 Å². The highest BCUT2D eigenvalue weighted by atomic mass is 32.2. The van der Waals surface area contributed by atoms with Gasteiger partial charge in [-0.3, -0.25) is 0 Å².